The second-order valence-corrected chi connectivity index (χ2v) is 7.97. The van der Waals surface area contributed by atoms with E-state index in [4.69, 9.17) is 0 Å². The number of carbonyl (C=O) groups is 1. The first kappa shape index (κ1) is 16.7. The van der Waals surface area contributed by atoms with Crippen molar-refractivity contribution < 1.29 is 4.79 Å². The minimum absolute atomic E-state index is 0.0123. The molecular formula is C22H32O. The molecule has 4 unspecified atom stereocenters. The van der Waals surface area contributed by atoms with Crippen molar-refractivity contribution in [3.63, 3.8) is 0 Å². The van der Waals surface area contributed by atoms with Crippen molar-refractivity contribution >= 4 is 5.78 Å². The van der Waals surface area contributed by atoms with E-state index in [1.54, 1.807) is 11.1 Å². The van der Waals surface area contributed by atoms with Crippen LogP contribution in [0.4, 0.5) is 0 Å². The molecule has 0 spiro atoms. The average molecular weight is 312 g/mol. The number of aryl methyl sites for hydroxylation is 3. The highest BCUT2D eigenvalue weighted by molar-refractivity contribution is 5.87. The van der Waals surface area contributed by atoms with E-state index >= 15 is 0 Å². The molecule has 0 saturated heterocycles. The fourth-order valence-corrected chi connectivity index (χ4v) is 5.63. The van der Waals surface area contributed by atoms with Crippen LogP contribution in [0.2, 0.25) is 0 Å². The topological polar surface area (TPSA) is 17.1 Å². The van der Waals surface area contributed by atoms with Crippen LogP contribution in [0.1, 0.15) is 81.0 Å². The normalized spacial score (nSPS) is 34.8. The van der Waals surface area contributed by atoms with Crippen molar-refractivity contribution in [1.29, 1.82) is 0 Å². The van der Waals surface area contributed by atoms with Crippen molar-refractivity contribution in [2.45, 2.75) is 79.1 Å². The predicted octanol–water partition coefficient (Wildman–Crippen LogP) is 5.75. The van der Waals surface area contributed by atoms with Crippen LogP contribution in [-0.2, 0) is 11.2 Å². The number of rotatable bonds is 0. The first-order valence-corrected chi connectivity index (χ1v) is 9.64. The first-order valence-electron chi connectivity index (χ1n) is 9.64. The van der Waals surface area contributed by atoms with Gasteiger partial charge >= 0.3 is 0 Å². The molecule has 0 aliphatic heterocycles. The zero-order chi connectivity index (χ0) is 16.8. The zero-order valence-corrected chi connectivity index (χ0v) is 15.5. The lowest BCUT2D eigenvalue weighted by Crippen LogP contribution is -2.42. The van der Waals surface area contributed by atoms with Gasteiger partial charge in [0, 0.05) is 11.8 Å². The maximum Gasteiger partial charge on any atom is 0.139 e. The molecule has 0 amide bonds. The standard InChI is InChI=1S/C20H26O.C2H6/c1-12-10-14-4-5-16-15(17(14)11-13(12)2)8-9-20(3)18(16)6-7-19(20)21;1-2/h10-11,15-16,18H,4-9H2,1-3H3;1-2H3. The molecule has 0 aromatic heterocycles. The van der Waals surface area contributed by atoms with Gasteiger partial charge in [0.15, 0.2) is 0 Å². The Bertz CT molecular complexity index is 615. The number of hydrogen-bond donors (Lipinski definition) is 0. The Labute approximate surface area is 141 Å². The maximum atomic E-state index is 12.3. The Morgan fingerprint density at radius 3 is 2.43 bits per heavy atom. The first-order chi connectivity index (χ1) is 11.0. The number of hydrogen-bond acceptors (Lipinski definition) is 1. The molecular weight excluding hydrogens is 280 g/mol. The van der Waals surface area contributed by atoms with E-state index in [-0.39, 0.29) is 5.41 Å². The monoisotopic (exact) mass is 312 g/mol. The van der Waals surface area contributed by atoms with Crippen LogP contribution in [0.3, 0.4) is 0 Å². The van der Waals surface area contributed by atoms with E-state index in [9.17, 15) is 4.79 Å². The minimum Gasteiger partial charge on any atom is -0.299 e. The van der Waals surface area contributed by atoms with Crippen molar-refractivity contribution in [3.05, 3.63) is 34.4 Å². The molecule has 126 valence electrons. The van der Waals surface area contributed by atoms with Gasteiger partial charge in [-0.15, -0.1) is 0 Å². The summed E-state index contributed by atoms with van der Waals surface area (Å²) in [6.07, 6.45) is 6.84. The molecule has 1 aromatic rings. The third-order valence-corrected chi connectivity index (χ3v) is 7.05. The van der Waals surface area contributed by atoms with Crippen LogP contribution in [0.25, 0.3) is 0 Å². The molecule has 0 N–H and O–H groups in total. The molecule has 0 bridgehead atoms. The summed E-state index contributed by atoms with van der Waals surface area (Å²) < 4.78 is 0. The quantitative estimate of drug-likeness (QED) is 0.595. The summed E-state index contributed by atoms with van der Waals surface area (Å²) >= 11 is 0. The molecule has 3 aliphatic carbocycles. The van der Waals surface area contributed by atoms with Gasteiger partial charge in [-0.1, -0.05) is 32.9 Å². The summed E-state index contributed by atoms with van der Waals surface area (Å²) in [5.41, 5.74) is 6.09. The fraction of sp³-hybridized carbons (Fsp3) is 0.682. The van der Waals surface area contributed by atoms with Crippen LogP contribution in [0.15, 0.2) is 12.1 Å². The van der Waals surface area contributed by atoms with Gasteiger partial charge in [0.2, 0.25) is 0 Å². The number of fused-ring (bicyclic) bond motifs is 5. The van der Waals surface area contributed by atoms with Gasteiger partial charge in [-0.05, 0) is 86.0 Å². The molecule has 0 heterocycles. The molecule has 1 heteroatoms. The highest BCUT2D eigenvalue weighted by Gasteiger charge is 2.54. The van der Waals surface area contributed by atoms with E-state index in [2.05, 4.69) is 32.9 Å². The van der Waals surface area contributed by atoms with Gasteiger partial charge in [0.25, 0.3) is 0 Å². The van der Waals surface area contributed by atoms with E-state index in [1.165, 1.54) is 30.4 Å². The van der Waals surface area contributed by atoms with Crippen LogP contribution >= 0.6 is 0 Å². The molecule has 1 aromatic carbocycles. The second-order valence-electron chi connectivity index (χ2n) is 7.97. The van der Waals surface area contributed by atoms with E-state index < -0.39 is 0 Å². The third-order valence-electron chi connectivity index (χ3n) is 7.05. The van der Waals surface area contributed by atoms with Gasteiger partial charge in [0.1, 0.15) is 5.78 Å². The van der Waals surface area contributed by atoms with Gasteiger partial charge < -0.3 is 0 Å². The fourth-order valence-electron chi connectivity index (χ4n) is 5.63. The van der Waals surface area contributed by atoms with E-state index in [0.717, 1.165) is 31.1 Å². The summed E-state index contributed by atoms with van der Waals surface area (Å²) in [7, 11) is 0. The van der Waals surface area contributed by atoms with Gasteiger partial charge in [-0.2, -0.15) is 0 Å². The lowest BCUT2D eigenvalue weighted by atomic mass is 9.55. The zero-order valence-electron chi connectivity index (χ0n) is 15.5. The molecule has 2 saturated carbocycles. The second kappa shape index (κ2) is 6.07. The van der Waals surface area contributed by atoms with E-state index in [0.29, 0.717) is 11.7 Å². The van der Waals surface area contributed by atoms with Crippen molar-refractivity contribution in [2.75, 3.05) is 0 Å². The van der Waals surface area contributed by atoms with Crippen LogP contribution in [-0.4, -0.2) is 5.78 Å². The van der Waals surface area contributed by atoms with Crippen LogP contribution in [0, 0.1) is 31.1 Å². The molecule has 3 aliphatic rings. The minimum atomic E-state index is 0.0123. The predicted molar refractivity (Wildman–Crippen MR) is 96.9 cm³/mol. The molecule has 2 fully saturated rings. The lowest BCUT2D eigenvalue weighted by Gasteiger charge is -2.48. The van der Waals surface area contributed by atoms with Gasteiger partial charge in [-0.3, -0.25) is 4.79 Å². The molecule has 4 rings (SSSR count). The number of benzene rings is 1. The molecule has 1 nitrogen and oxygen atoms in total. The van der Waals surface area contributed by atoms with E-state index in [1.807, 2.05) is 13.8 Å². The summed E-state index contributed by atoms with van der Waals surface area (Å²) in [6.45, 7) is 10.7. The lowest BCUT2D eigenvalue weighted by molar-refractivity contribution is -0.129. The smallest absolute Gasteiger partial charge is 0.139 e. The Morgan fingerprint density at radius 2 is 1.70 bits per heavy atom. The molecule has 0 radical (unpaired) electrons. The number of ketones is 1. The SMILES string of the molecule is CC.Cc1cc2c(cc1C)C1CCC3(C)C(=O)CCC3C1CC2. The number of carbonyl (C=O) groups excluding carboxylic acids is 1. The average Bonchev–Trinajstić information content (AvgIpc) is 2.86. The summed E-state index contributed by atoms with van der Waals surface area (Å²) in [4.78, 5) is 12.3. The molecule has 4 atom stereocenters. The Kier molecular flexibility index (Phi) is 4.42. The van der Waals surface area contributed by atoms with Crippen molar-refractivity contribution in [3.8, 4) is 0 Å². The third kappa shape index (κ3) is 2.47. The van der Waals surface area contributed by atoms with Crippen molar-refractivity contribution in [2.24, 2.45) is 17.3 Å². The highest BCUT2D eigenvalue weighted by Crippen LogP contribution is 2.59. The Morgan fingerprint density at radius 1 is 1.00 bits per heavy atom. The Balaban J connectivity index is 0.000000753. The molecule has 23 heavy (non-hydrogen) atoms. The maximum absolute atomic E-state index is 12.3. The van der Waals surface area contributed by atoms with Gasteiger partial charge in [-0.25, -0.2) is 0 Å². The summed E-state index contributed by atoms with van der Waals surface area (Å²) in [6, 6.07) is 4.88. The van der Waals surface area contributed by atoms with Gasteiger partial charge in [0.05, 0.1) is 0 Å². The van der Waals surface area contributed by atoms with Crippen molar-refractivity contribution in [1.82, 2.24) is 0 Å². The highest BCUT2D eigenvalue weighted by atomic mass is 16.1. The summed E-state index contributed by atoms with van der Waals surface area (Å²) in [5, 5.41) is 0. The largest absolute Gasteiger partial charge is 0.299 e. The van der Waals surface area contributed by atoms with Crippen LogP contribution in [0.5, 0.6) is 0 Å². The number of Topliss-reactive ketones (excluding diaryl/α,β-unsaturated/α-hetero) is 1. The summed E-state index contributed by atoms with van der Waals surface area (Å²) in [5.74, 6) is 2.68. The van der Waals surface area contributed by atoms with Crippen LogP contribution < -0.4 is 0 Å². The Hall–Kier alpha value is -1.11.